The van der Waals surface area contributed by atoms with Gasteiger partial charge in [-0.25, -0.2) is 14.2 Å². The van der Waals surface area contributed by atoms with Crippen LogP contribution in [0.3, 0.4) is 0 Å². The van der Waals surface area contributed by atoms with Gasteiger partial charge in [0, 0.05) is 12.2 Å². The van der Waals surface area contributed by atoms with Gasteiger partial charge in [0.15, 0.2) is 6.10 Å². The molecule has 0 fully saturated rings. The van der Waals surface area contributed by atoms with Crippen molar-refractivity contribution in [1.82, 2.24) is 0 Å². The van der Waals surface area contributed by atoms with Crippen molar-refractivity contribution in [3.8, 4) is 0 Å². The molecule has 0 aromatic carbocycles. The van der Waals surface area contributed by atoms with Crippen molar-refractivity contribution in [2.24, 2.45) is 0 Å². The van der Waals surface area contributed by atoms with E-state index in [2.05, 4.69) is 18.4 Å². The van der Waals surface area contributed by atoms with E-state index in [4.69, 9.17) is 19.3 Å². The number of carbonyl (C=O) groups excluding carboxylic acids is 2. The van der Waals surface area contributed by atoms with E-state index in [1.807, 2.05) is 12.2 Å². The van der Waals surface area contributed by atoms with E-state index in [1.54, 1.807) is 24.3 Å². The summed E-state index contributed by atoms with van der Waals surface area (Å²) in [6, 6.07) is 0. The number of phosphoric ester groups is 1. The Morgan fingerprint density at radius 1 is 0.542 bits per heavy atom. The Morgan fingerprint density at radius 3 is 1.31 bits per heavy atom. The van der Waals surface area contributed by atoms with Crippen molar-refractivity contribution < 1.29 is 37.9 Å². The maximum atomic E-state index is 12.2. The minimum absolute atomic E-state index is 0.403. The van der Waals surface area contributed by atoms with Gasteiger partial charge < -0.3 is 19.3 Å². The summed E-state index contributed by atoms with van der Waals surface area (Å²) < 4.78 is 25.9. The lowest BCUT2D eigenvalue weighted by molar-refractivity contribution is -0.154. The second-order valence-electron chi connectivity index (χ2n) is 12.7. The van der Waals surface area contributed by atoms with Gasteiger partial charge in [0.1, 0.15) is 6.61 Å². The highest BCUT2D eigenvalue weighted by Gasteiger charge is 2.22. The van der Waals surface area contributed by atoms with Crippen LogP contribution in [0.25, 0.3) is 0 Å². The summed E-state index contributed by atoms with van der Waals surface area (Å²) in [5.41, 5.74) is 0. The second-order valence-corrected chi connectivity index (χ2v) is 13.9. The first-order valence-corrected chi connectivity index (χ1v) is 20.5. The van der Waals surface area contributed by atoms with Crippen LogP contribution in [-0.4, -0.2) is 41.0 Å². The molecule has 0 heterocycles. The number of rotatable bonds is 34. The Labute approximate surface area is 293 Å². The topological polar surface area (TPSA) is 119 Å². The predicted molar refractivity (Wildman–Crippen MR) is 198 cm³/mol. The molecule has 9 heteroatoms. The first-order valence-electron chi connectivity index (χ1n) is 19.0. The molecule has 48 heavy (non-hydrogen) atoms. The summed E-state index contributed by atoms with van der Waals surface area (Å²) in [5, 5.41) is 0. The van der Waals surface area contributed by atoms with Crippen LogP contribution in [0.1, 0.15) is 168 Å². The number of phosphoric acid groups is 1. The molecule has 0 amide bonds. The van der Waals surface area contributed by atoms with Gasteiger partial charge in [0.2, 0.25) is 0 Å². The van der Waals surface area contributed by atoms with Crippen molar-refractivity contribution >= 4 is 19.8 Å². The fourth-order valence-electron chi connectivity index (χ4n) is 5.19. The van der Waals surface area contributed by atoms with E-state index >= 15 is 0 Å². The molecule has 0 aromatic heterocycles. The van der Waals surface area contributed by atoms with E-state index in [1.165, 1.54) is 141 Å². The molecule has 0 saturated carbocycles. The Bertz CT molecular complexity index is 921. The monoisotopic (exact) mass is 696 g/mol. The van der Waals surface area contributed by atoms with Crippen LogP contribution in [0.5, 0.6) is 0 Å². The van der Waals surface area contributed by atoms with Crippen LogP contribution in [0.4, 0.5) is 0 Å². The summed E-state index contributed by atoms with van der Waals surface area (Å²) in [6.07, 6.45) is 42.4. The average Bonchev–Trinajstić information content (AvgIpc) is 3.05. The maximum Gasteiger partial charge on any atom is 0.469 e. The molecule has 0 aromatic rings. The van der Waals surface area contributed by atoms with Gasteiger partial charge in [-0.05, 0) is 25.7 Å². The Balaban J connectivity index is 4.17. The molecule has 0 spiro atoms. The summed E-state index contributed by atoms with van der Waals surface area (Å²) in [6.45, 7) is 3.47. The van der Waals surface area contributed by atoms with Gasteiger partial charge in [0.05, 0.1) is 6.61 Å². The quantitative estimate of drug-likeness (QED) is 0.0224. The fraction of sp³-hybridized carbons (Fsp3) is 0.744. The molecule has 0 saturated heterocycles. The molecular weight excluding hydrogens is 627 g/mol. The first kappa shape index (κ1) is 46.0. The minimum atomic E-state index is -4.79. The van der Waals surface area contributed by atoms with Crippen LogP contribution in [0.15, 0.2) is 48.6 Å². The maximum absolute atomic E-state index is 12.2. The van der Waals surface area contributed by atoms with Gasteiger partial charge >= 0.3 is 19.8 Å². The van der Waals surface area contributed by atoms with Gasteiger partial charge in [-0.2, -0.15) is 0 Å². The third kappa shape index (κ3) is 36.8. The van der Waals surface area contributed by atoms with E-state index in [-0.39, 0.29) is 0 Å². The van der Waals surface area contributed by atoms with Crippen molar-refractivity contribution in [3.63, 3.8) is 0 Å². The zero-order chi connectivity index (χ0) is 35.4. The normalized spacial score (nSPS) is 13.0. The zero-order valence-electron chi connectivity index (χ0n) is 30.4. The van der Waals surface area contributed by atoms with E-state index in [9.17, 15) is 14.2 Å². The third-order valence-electron chi connectivity index (χ3n) is 8.03. The molecule has 0 aliphatic rings. The molecule has 0 bridgehead atoms. The lowest BCUT2D eigenvalue weighted by Gasteiger charge is -2.17. The lowest BCUT2D eigenvalue weighted by Crippen LogP contribution is -2.28. The molecule has 0 rings (SSSR count). The molecule has 278 valence electrons. The molecule has 0 unspecified atom stereocenters. The molecule has 0 aliphatic carbocycles. The minimum Gasteiger partial charge on any atom is -0.458 e. The average molecular weight is 697 g/mol. The number of ether oxygens (including phenoxy) is 2. The zero-order valence-corrected chi connectivity index (χ0v) is 31.3. The Morgan fingerprint density at radius 2 is 0.917 bits per heavy atom. The van der Waals surface area contributed by atoms with Gasteiger partial charge in [0.25, 0.3) is 0 Å². The van der Waals surface area contributed by atoms with Crippen molar-refractivity contribution in [2.75, 3.05) is 13.2 Å². The Hall–Kier alpha value is -1.99. The highest BCUT2D eigenvalue weighted by atomic mass is 31.2. The Kier molecular flexibility index (Phi) is 33.4. The van der Waals surface area contributed by atoms with Gasteiger partial charge in [-0.3, -0.25) is 4.52 Å². The number of allylic oxidation sites excluding steroid dienone is 6. The molecule has 8 nitrogen and oxygen atoms in total. The second kappa shape index (κ2) is 34.9. The SMILES string of the molecule is CCCCCCCCCCCCCC=CC=CC(=O)OC[C@H](COP(=O)(O)O)OC(=O)C=CC=CCCCCCCCCCCCCC. The summed E-state index contributed by atoms with van der Waals surface area (Å²) in [5.74, 6) is -1.39. The van der Waals surface area contributed by atoms with Crippen molar-refractivity contribution in [2.45, 2.75) is 174 Å². The standard InChI is InChI=1S/C39H69O8P/c1-3-5-7-9-11-13-15-17-19-21-23-25-27-29-31-33-38(40)45-35-37(36-46-48(42,43)44)47-39(41)34-32-30-28-26-24-22-20-18-16-14-12-10-8-6-4-2/h27-34,37H,3-26,35-36H2,1-2H3,(H2,42,43,44)/t37-/m1/s1. The van der Waals surface area contributed by atoms with Crippen molar-refractivity contribution in [3.05, 3.63) is 48.6 Å². The number of carbonyl (C=O) groups is 2. The summed E-state index contributed by atoms with van der Waals surface area (Å²) in [4.78, 5) is 42.4. The van der Waals surface area contributed by atoms with E-state index < -0.39 is 39.1 Å². The van der Waals surface area contributed by atoms with Gasteiger partial charge in [-0.15, -0.1) is 0 Å². The number of esters is 2. The molecule has 1 atom stereocenters. The molecule has 2 N–H and O–H groups in total. The highest BCUT2D eigenvalue weighted by molar-refractivity contribution is 7.46. The van der Waals surface area contributed by atoms with E-state index in [0.717, 1.165) is 25.7 Å². The van der Waals surface area contributed by atoms with Crippen molar-refractivity contribution in [1.29, 1.82) is 0 Å². The van der Waals surface area contributed by atoms with Crippen LogP contribution in [-0.2, 0) is 28.2 Å². The van der Waals surface area contributed by atoms with Crippen LogP contribution >= 0.6 is 7.82 Å². The molecule has 0 radical (unpaired) electrons. The van der Waals surface area contributed by atoms with E-state index in [0.29, 0.717) is 0 Å². The summed E-state index contributed by atoms with van der Waals surface area (Å²) in [7, 11) is -4.79. The molecule has 0 aliphatic heterocycles. The lowest BCUT2D eigenvalue weighted by atomic mass is 10.1. The number of unbranched alkanes of at least 4 members (excludes halogenated alkanes) is 22. The van der Waals surface area contributed by atoms with Crippen LogP contribution < -0.4 is 0 Å². The molecular formula is C39H69O8P. The largest absolute Gasteiger partial charge is 0.469 e. The van der Waals surface area contributed by atoms with Crippen LogP contribution in [0.2, 0.25) is 0 Å². The first-order chi connectivity index (χ1) is 23.3. The smallest absolute Gasteiger partial charge is 0.458 e. The fourth-order valence-corrected chi connectivity index (χ4v) is 5.55. The predicted octanol–water partition coefficient (Wildman–Crippen LogP) is 11.2. The van der Waals surface area contributed by atoms with Gasteiger partial charge in [-0.1, -0.05) is 179 Å². The van der Waals surface area contributed by atoms with Crippen LogP contribution in [0, 0.1) is 0 Å². The number of hydrogen-bond acceptors (Lipinski definition) is 6. The summed E-state index contributed by atoms with van der Waals surface area (Å²) >= 11 is 0. The third-order valence-corrected chi connectivity index (χ3v) is 8.52. The number of hydrogen-bond donors (Lipinski definition) is 2. The highest BCUT2D eigenvalue weighted by Crippen LogP contribution is 2.35.